The smallest absolute Gasteiger partial charge is 0.338 e. The number of fused-ring (bicyclic) bond motifs is 5. The van der Waals surface area contributed by atoms with Crippen LogP contribution in [0, 0.1) is 22.7 Å². The molecule has 3 aliphatic carbocycles. The van der Waals surface area contributed by atoms with Gasteiger partial charge in [-0.05, 0) is 60.2 Å². The average Bonchev–Trinajstić information content (AvgIpc) is 3.26. The van der Waals surface area contributed by atoms with Crippen LogP contribution >= 0.6 is 0 Å². The van der Waals surface area contributed by atoms with E-state index in [0.717, 1.165) is 6.92 Å². The lowest BCUT2D eigenvalue weighted by atomic mass is 9.43. The Bertz CT molecular complexity index is 2350. The van der Waals surface area contributed by atoms with Crippen molar-refractivity contribution in [1.82, 2.24) is 5.32 Å². The van der Waals surface area contributed by atoms with Crippen molar-refractivity contribution in [2.24, 2.45) is 22.7 Å². The van der Waals surface area contributed by atoms with Crippen molar-refractivity contribution >= 4 is 41.9 Å². The number of aliphatic hydroxyl groups is 2. The number of Topliss-reactive ketones (excluding diaryl/α,β-unsaturated/α-hetero) is 1. The third-order valence-electron chi connectivity index (χ3n) is 14.1. The number of rotatable bonds is 12. The number of carbonyl (C=O) groups is 7. The van der Waals surface area contributed by atoms with Gasteiger partial charge < -0.3 is 44.0 Å². The molecule has 2 bridgehead atoms. The van der Waals surface area contributed by atoms with Crippen LogP contribution < -0.4 is 5.32 Å². The van der Waals surface area contributed by atoms with Gasteiger partial charge in [-0.15, -0.1) is 0 Å². The maximum absolute atomic E-state index is 15.8. The second kappa shape index (κ2) is 17.5. The van der Waals surface area contributed by atoms with Crippen molar-refractivity contribution in [2.75, 3.05) is 6.61 Å². The molecule has 7 rings (SSSR count). The molecule has 0 spiro atoms. The number of hydrogen-bond acceptors (Lipinski definition) is 14. The van der Waals surface area contributed by atoms with E-state index >= 15 is 4.79 Å². The Morgan fingerprint density at radius 3 is 2.00 bits per heavy atom. The van der Waals surface area contributed by atoms with E-state index in [-0.39, 0.29) is 41.7 Å². The summed E-state index contributed by atoms with van der Waals surface area (Å²) in [6.45, 7) is 8.25. The molecule has 15 heteroatoms. The molecular formula is C49H53NO14. The first-order chi connectivity index (χ1) is 30.3. The number of amides is 1. The van der Waals surface area contributed by atoms with Crippen molar-refractivity contribution in [1.29, 1.82) is 0 Å². The Kier molecular flexibility index (Phi) is 12.6. The number of ketones is 1. The summed E-state index contributed by atoms with van der Waals surface area (Å²) in [6.07, 6.45) is -8.05. The average molecular weight is 880 g/mol. The first-order valence-corrected chi connectivity index (χ1v) is 21.3. The number of aliphatic hydroxyl groups excluding tert-OH is 1. The summed E-state index contributed by atoms with van der Waals surface area (Å²) in [6, 6.07) is 23.0. The number of hydrogen-bond donors (Lipinski definition) is 3. The zero-order valence-corrected chi connectivity index (χ0v) is 36.5. The van der Waals surface area contributed by atoms with Crippen LogP contribution in [-0.2, 0) is 47.7 Å². The third-order valence-corrected chi connectivity index (χ3v) is 14.1. The van der Waals surface area contributed by atoms with Gasteiger partial charge in [0.15, 0.2) is 23.6 Å². The number of nitrogens with one attached hydrogen (secondary N) is 1. The van der Waals surface area contributed by atoms with Crippen molar-refractivity contribution in [2.45, 2.75) is 109 Å². The summed E-state index contributed by atoms with van der Waals surface area (Å²) < 4.78 is 30.8. The monoisotopic (exact) mass is 879 g/mol. The Balaban J connectivity index is 1.41. The summed E-state index contributed by atoms with van der Waals surface area (Å²) in [5.74, 6) is -7.43. The molecule has 0 unspecified atom stereocenters. The Labute approximate surface area is 370 Å². The molecule has 1 heterocycles. The fraction of sp³-hybridized carbons (Fsp3) is 0.449. The highest BCUT2D eigenvalue weighted by Gasteiger charge is 2.78. The lowest BCUT2D eigenvalue weighted by Gasteiger charge is -2.68. The molecule has 338 valence electrons. The minimum absolute atomic E-state index is 0.0320. The number of carbonyl (C=O) groups excluding carboxylic acids is 7. The summed E-state index contributed by atoms with van der Waals surface area (Å²) >= 11 is 0. The fourth-order valence-corrected chi connectivity index (χ4v) is 10.8. The lowest BCUT2D eigenvalue weighted by molar-refractivity contribution is -0.341. The number of benzene rings is 3. The van der Waals surface area contributed by atoms with Gasteiger partial charge in [-0.2, -0.15) is 0 Å². The molecular weight excluding hydrogens is 827 g/mol. The highest BCUT2D eigenvalue weighted by atomic mass is 16.6. The van der Waals surface area contributed by atoms with E-state index in [1.165, 1.54) is 19.1 Å². The van der Waals surface area contributed by atoms with Crippen LogP contribution in [0.1, 0.15) is 93.1 Å². The quantitative estimate of drug-likeness (QED) is 0.0983. The van der Waals surface area contributed by atoms with E-state index in [1.807, 2.05) is 0 Å². The molecule has 1 aliphatic heterocycles. The third kappa shape index (κ3) is 7.72. The van der Waals surface area contributed by atoms with E-state index in [0.29, 0.717) is 11.8 Å². The Morgan fingerprint density at radius 2 is 1.45 bits per heavy atom. The van der Waals surface area contributed by atoms with Gasteiger partial charge in [-0.3, -0.25) is 19.2 Å². The molecule has 2 saturated carbocycles. The highest BCUT2D eigenvalue weighted by Crippen LogP contribution is 2.66. The zero-order chi connectivity index (χ0) is 46.4. The van der Waals surface area contributed by atoms with Gasteiger partial charge >= 0.3 is 23.9 Å². The standard InChI is InChI=1S/C49H53NO14/c1-27-34(62-45(58)38(54)37(30-16-10-7-11-17-30)50-43(56)31-18-12-8-13-19-31)25-49(59)42(63-44(57)32-20-14-9-15-21-32)40-47(6,41(55)39(61-28(2)52)36(27)46(49,4)5)33(22-23-51)24-35-48(40,26-60-35)64-29(3)53/h7-21,23,33-35,37-40,42,54,59H,22,24-26H2,1-6H3,(H,50,56)/t33-,34-,35+,37-,38+,39+,40-,42-,47+,48-,49+/m0/s1. The number of aldehydes is 1. The zero-order valence-electron chi connectivity index (χ0n) is 36.5. The second-order valence-electron chi connectivity index (χ2n) is 17.9. The molecule has 4 aliphatic rings. The predicted molar refractivity (Wildman–Crippen MR) is 226 cm³/mol. The summed E-state index contributed by atoms with van der Waals surface area (Å²) in [7, 11) is 0. The number of esters is 4. The van der Waals surface area contributed by atoms with Crippen molar-refractivity contribution in [3.05, 3.63) is 119 Å². The van der Waals surface area contributed by atoms with Gasteiger partial charge in [0.05, 0.1) is 24.1 Å². The van der Waals surface area contributed by atoms with Crippen LogP contribution in [0.3, 0.4) is 0 Å². The molecule has 0 radical (unpaired) electrons. The molecule has 15 nitrogen and oxygen atoms in total. The number of ether oxygens (including phenoxy) is 5. The molecule has 3 aromatic carbocycles. The second-order valence-corrected chi connectivity index (χ2v) is 17.9. The molecule has 11 atom stereocenters. The molecule has 3 aromatic rings. The van der Waals surface area contributed by atoms with E-state index in [2.05, 4.69) is 5.32 Å². The molecule has 0 aromatic heterocycles. The van der Waals surface area contributed by atoms with E-state index in [1.54, 1.807) is 107 Å². The van der Waals surface area contributed by atoms with Crippen LogP contribution in [0.2, 0.25) is 0 Å². The first-order valence-electron chi connectivity index (χ1n) is 21.3. The van der Waals surface area contributed by atoms with Crippen LogP contribution in [-0.4, -0.2) is 100 Å². The maximum Gasteiger partial charge on any atom is 0.338 e. The van der Waals surface area contributed by atoms with Crippen molar-refractivity contribution in [3.63, 3.8) is 0 Å². The van der Waals surface area contributed by atoms with Gasteiger partial charge in [0, 0.05) is 43.1 Å². The summed E-state index contributed by atoms with van der Waals surface area (Å²) in [5, 5.41) is 28.4. The van der Waals surface area contributed by atoms with Crippen LogP contribution in [0.4, 0.5) is 0 Å². The molecule has 1 saturated heterocycles. The Morgan fingerprint density at radius 1 is 0.859 bits per heavy atom. The first kappa shape index (κ1) is 46.0. The molecule has 3 N–H and O–H groups in total. The van der Waals surface area contributed by atoms with Crippen LogP contribution in [0.25, 0.3) is 0 Å². The van der Waals surface area contributed by atoms with Gasteiger partial charge in [0.2, 0.25) is 0 Å². The van der Waals surface area contributed by atoms with Crippen molar-refractivity contribution in [3.8, 4) is 0 Å². The molecule has 3 fully saturated rings. The van der Waals surface area contributed by atoms with Crippen molar-refractivity contribution < 1.29 is 67.5 Å². The normalized spacial score (nSPS) is 31.2. The Hall–Kier alpha value is -6.03. The maximum atomic E-state index is 15.8. The van der Waals surface area contributed by atoms with Crippen LogP contribution in [0.5, 0.6) is 0 Å². The van der Waals surface area contributed by atoms with Crippen LogP contribution in [0.15, 0.2) is 102 Å². The minimum atomic E-state index is -2.37. The fourth-order valence-electron chi connectivity index (χ4n) is 10.8. The minimum Gasteiger partial charge on any atom is -0.456 e. The van der Waals surface area contributed by atoms with Gasteiger partial charge in [0.25, 0.3) is 5.91 Å². The van der Waals surface area contributed by atoms with Gasteiger partial charge in [0.1, 0.15) is 30.2 Å². The van der Waals surface area contributed by atoms with Gasteiger partial charge in [-0.25, -0.2) is 9.59 Å². The SMILES string of the molecule is CC(=O)O[C@H]1C(=O)[C@]2(C)[C@@H](CC=O)C[C@H]3OC[C@@]3(OC(C)=O)[C@H]2[C@H](OC(=O)c2ccccc2)[C@]2(O)C[C@H](OC(=O)[C@H](O)[C@@H](NC(=O)c3ccccc3)c3ccccc3)C(C)=C1C2(C)C. The highest BCUT2D eigenvalue weighted by molar-refractivity contribution is 5.96. The van der Waals surface area contributed by atoms with E-state index in [4.69, 9.17) is 23.7 Å². The summed E-state index contributed by atoms with van der Waals surface area (Å²) in [4.78, 5) is 96.7. The predicted octanol–water partition coefficient (Wildman–Crippen LogP) is 4.58. The molecule has 64 heavy (non-hydrogen) atoms. The van der Waals surface area contributed by atoms with E-state index < -0.39 is 112 Å². The largest absolute Gasteiger partial charge is 0.456 e. The van der Waals surface area contributed by atoms with Gasteiger partial charge in [-0.1, -0.05) is 87.5 Å². The molecule has 1 amide bonds. The summed E-state index contributed by atoms with van der Waals surface area (Å²) in [5.41, 5.74) is -6.66. The lowest BCUT2D eigenvalue weighted by Crippen LogP contribution is -2.81. The topological polar surface area (TPSA) is 218 Å². The van der Waals surface area contributed by atoms with E-state index in [9.17, 15) is 39.0 Å².